The van der Waals surface area contributed by atoms with Crippen molar-refractivity contribution in [2.24, 2.45) is 0 Å². The van der Waals surface area contributed by atoms with E-state index < -0.39 is 43.9 Å². The first-order valence-corrected chi connectivity index (χ1v) is 10.3. The van der Waals surface area contributed by atoms with Gasteiger partial charge in [-0.2, -0.15) is 18.3 Å². The summed E-state index contributed by atoms with van der Waals surface area (Å²) < 4.78 is 91.8. The van der Waals surface area contributed by atoms with Crippen LogP contribution in [0, 0.1) is 11.6 Å². The second-order valence-corrected chi connectivity index (χ2v) is 8.82. The number of aromatic nitrogens is 2. The Hall–Kier alpha value is -2.17. The van der Waals surface area contributed by atoms with Crippen molar-refractivity contribution in [1.29, 1.82) is 0 Å². The maximum absolute atomic E-state index is 14.3. The molecule has 29 heavy (non-hydrogen) atoms. The van der Waals surface area contributed by atoms with E-state index in [2.05, 4.69) is 5.10 Å². The minimum absolute atomic E-state index is 0.0958. The molecule has 3 aromatic rings. The molecule has 2 aromatic carbocycles. The van der Waals surface area contributed by atoms with Crippen LogP contribution < -0.4 is 0 Å². The predicted octanol–water partition coefficient (Wildman–Crippen LogP) is 5.55. The molecule has 0 amide bonds. The third-order valence-corrected chi connectivity index (χ3v) is 5.32. The number of rotatable bonds is 3. The second kappa shape index (κ2) is 7.26. The Morgan fingerprint density at radius 1 is 0.931 bits per heavy atom. The monoisotopic (exact) mass is 470 g/mol. The second-order valence-electron chi connectivity index (χ2n) is 5.99. The summed E-state index contributed by atoms with van der Waals surface area (Å²) in [6.45, 7) is 0. The van der Waals surface area contributed by atoms with Crippen LogP contribution >= 0.6 is 23.2 Å². The molecule has 0 atom stereocenters. The zero-order valence-corrected chi connectivity index (χ0v) is 16.6. The number of hydrogen-bond acceptors (Lipinski definition) is 3. The molecule has 1 heterocycles. The fourth-order valence-electron chi connectivity index (χ4n) is 2.65. The zero-order chi connectivity index (χ0) is 21.7. The van der Waals surface area contributed by atoms with Crippen molar-refractivity contribution in [1.82, 2.24) is 9.78 Å². The number of hydrogen-bond donors (Lipinski definition) is 0. The number of benzene rings is 2. The minimum Gasteiger partial charge on any atom is -0.232 e. The first kappa shape index (κ1) is 21.5. The van der Waals surface area contributed by atoms with E-state index >= 15 is 0 Å². The van der Waals surface area contributed by atoms with Crippen LogP contribution in [0.5, 0.6) is 0 Å². The van der Waals surface area contributed by atoms with Crippen LogP contribution in [0.4, 0.5) is 22.0 Å². The van der Waals surface area contributed by atoms with E-state index in [9.17, 15) is 30.4 Å². The van der Waals surface area contributed by atoms with Crippen LogP contribution in [0.25, 0.3) is 16.9 Å². The summed E-state index contributed by atoms with van der Waals surface area (Å²) in [6.07, 6.45) is -4.25. The number of halogens is 7. The molecule has 0 fully saturated rings. The molecule has 3 rings (SSSR count). The highest BCUT2D eigenvalue weighted by Crippen LogP contribution is 2.35. The van der Waals surface area contributed by atoms with Gasteiger partial charge in [0.25, 0.3) is 0 Å². The fourth-order valence-corrected chi connectivity index (χ4v) is 4.00. The molecule has 0 spiro atoms. The van der Waals surface area contributed by atoms with Gasteiger partial charge in [0.15, 0.2) is 15.5 Å². The SMILES string of the molecule is CS(=O)(=O)c1c(F)cc(-n2nc(C(F)(F)F)cc2-c2cc(Cl)cc(Cl)c2)cc1F. The van der Waals surface area contributed by atoms with Gasteiger partial charge in [-0.3, -0.25) is 0 Å². The van der Waals surface area contributed by atoms with Gasteiger partial charge in [0, 0.05) is 34.0 Å². The van der Waals surface area contributed by atoms with Gasteiger partial charge in [0.2, 0.25) is 0 Å². The average molecular weight is 471 g/mol. The summed E-state index contributed by atoms with van der Waals surface area (Å²) in [4.78, 5) is -1.20. The maximum Gasteiger partial charge on any atom is 0.435 e. The maximum atomic E-state index is 14.3. The van der Waals surface area contributed by atoms with Gasteiger partial charge in [-0.05, 0) is 24.3 Å². The number of alkyl halides is 3. The van der Waals surface area contributed by atoms with Gasteiger partial charge in [-0.1, -0.05) is 23.2 Å². The molecule has 0 unspecified atom stereocenters. The van der Waals surface area contributed by atoms with Crippen molar-refractivity contribution in [2.75, 3.05) is 6.26 Å². The molecule has 0 radical (unpaired) electrons. The van der Waals surface area contributed by atoms with Crippen LogP contribution in [0.2, 0.25) is 10.0 Å². The van der Waals surface area contributed by atoms with Gasteiger partial charge >= 0.3 is 6.18 Å². The smallest absolute Gasteiger partial charge is 0.232 e. The quantitative estimate of drug-likeness (QED) is 0.471. The summed E-state index contributed by atoms with van der Waals surface area (Å²) in [5, 5.41) is 3.60. The lowest BCUT2D eigenvalue weighted by Crippen LogP contribution is -2.10. The highest BCUT2D eigenvalue weighted by Gasteiger charge is 2.35. The molecule has 0 aliphatic carbocycles. The van der Waals surface area contributed by atoms with Crippen LogP contribution in [0.1, 0.15) is 5.69 Å². The molecule has 0 saturated heterocycles. The lowest BCUT2D eigenvalue weighted by atomic mass is 10.1. The van der Waals surface area contributed by atoms with Crippen LogP contribution in [-0.4, -0.2) is 24.5 Å². The van der Waals surface area contributed by atoms with Gasteiger partial charge in [0.1, 0.15) is 16.5 Å². The lowest BCUT2D eigenvalue weighted by molar-refractivity contribution is -0.141. The van der Waals surface area contributed by atoms with Gasteiger partial charge < -0.3 is 0 Å². The van der Waals surface area contributed by atoms with E-state index in [0.717, 1.165) is 0 Å². The van der Waals surface area contributed by atoms with Crippen LogP contribution in [0.3, 0.4) is 0 Å². The largest absolute Gasteiger partial charge is 0.435 e. The number of nitrogens with zero attached hydrogens (tertiary/aromatic N) is 2. The van der Waals surface area contributed by atoms with E-state index in [1.54, 1.807) is 0 Å². The van der Waals surface area contributed by atoms with Crippen molar-refractivity contribution in [3.8, 4) is 16.9 Å². The molecule has 12 heteroatoms. The van der Waals surface area contributed by atoms with E-state index in [0.29, 0.717) is 29.1 Å². The molecule has 4 nitrogen and oxygen atoms in total. The predicted molar refractivity (Wildman–Crippen MR) is 97.0 cm³/mol. The fraction of sp³-hybridized carbons (Fsp3) is 0.118. The topological polar surface area (TPSA) is 52.0 Å². The van der Waals surface area contributed by atoms with Gasteiger partial charge in [-0.15, -0.1) is 0 Å². The standard InChI is InChI=1S/C17H9Cl2F5N2O2S/c1-29(27,28)16-12(20)5-11(6-13(16)21)26-14(7-15(25-26)17(22,23)24)8-2-9(18)4-10(19)3-8/h2-7H,1H3. The lowest BCUT2D eigenvalue weighted by Gasteiger charge is -2.11. The number of sulfone groups is 1. The molecule has 0 bridgehead atoms. The molecular weight excluding hydrogens is 462 g/mol. The molecule has 0 aliphatic rings. The third-order valence-electron chi connectivity index (χ3n) is 3.76. The summed E-state index contributed by atoms with van der Waals surface area (Å²) >= 11 is 11.8. The first-order valence-electron chi connectivity index (χ1n) is 7.60. The van der Waals surface area contributed by atoms with Gasteiger partial charge in [0.05, 0.1) is 11.4 Å². The normalized spacial score (nSPS) is 12.4. The average Bonchev–Trinajstić information content (AvgIpc) is 2.97. The van der Waals surface area contributed by atoms with Crippen molar-refractivity contribution >= 4 is 33.0 Å². The van der Waals surface area contributed by atoms with E-state index in [1.165, 1.54) is 18.2 Å². The van der Waals surface area contributed by atoms with E-state index in [-0.39, 0.29) is 21.3 Å². The van der Waals surface area contributed by atoms with E-state index in [4.69, 9.17) is 23.2 Å². The minimum atomic E-state index is -4.86. The third kappa shape index (κ3) is 4.39. The van der Waals surface area contributed by atoms with Crippen molar-refractivity contribution < 1.29 is 30.4 Å². The summed E-state index contributed by atoms with van der Waals surface area (Å²) in [5.41, 5.74) is -1.92. The molecule has 0 N–H and O–H groups in total. The molecule has 154 valence electrons. The van der Waals surface area contributed by atoms with Crippen molar-refractivity contribution in [2.45, 2.75) is 11.1 Å². The Bertz CT molecular complexity index is 1180. The van der Waals surface area contributed by atoms with Crippen LogP contribution in [0.15, 0.2) is 41.3 Å². The molecule has 0 aliphatic heterocycles. The Kier molecular flexibility index (Phi) is 5.39. The summed E-state index contributed by atoms with van der Waals surface area (Å²) in [7, 11) is -4.25. The summed E-state index contributed by atoms with van der Waals surface area (Å²) in [5.74, 6) is -2.94. The van der Waals surface area contributed by atoms with E-state index in [1.807, 2.05) is 0 Å². The molecule has 1 aromatic heterocycles. The Labute approximate surface area is 171 Å². The molecule has 0 saturated carbocycles. The Morgan fingerprint density at radius 3 is 1.90 bits per heavy atom. The Balaban J connectivity index is 2.31. The Morgan fingerprint density at radius 2 is 1.45 bits per heavy atom. The highest BCUT2D eigenvalue weighted by molar-refractivity contribution is 7.90. The van der Waals surface area contributed by atoms with Crippen molar-refractivity contribution in [3.63, 3.8) is 0 Å². The molecular formula is C17H9Cl2F5N2O2S. The first-order chi connectivity index (χ1) is 13.3. The zero-order valence-electron chi connectivity index (χ0n) is 14.2. The summed E-state index contributed by atoms with van der Waals surface area (Å²) in [6, 6.07) is 5.72. The van der Waals surface area contributed by atoms with Crippen molar-refractivity contribution in [3.05, 3.63) is 63.8 Å². The van der Waals surface area contributed by atoms with Gasteiger partial charge in [-0.25, -0.2) is 21.9 Å². The highest BCUT2D eigenvalue weighted by atomic mass is 35.5. The van der Waals surface area contributed by atoms with Crippen LogP contribution in [-0.2, 0) is 16.0 Å².